The van der Waals surface area contributed by atoms with Crippen molar-refractivity contribution in [1.29, 1.82) is 0 Å². The van der Waals surface area contributed by atoms with Crippen LogP contribution in [0, 0.1) is 5.92 Å². The van der Waals surface area contributed by atoms with Gasteiger partial charge in [-0.25, -0.2) is 0 Å². The summed E-state index contributed by atoms with van der Waals surface area (Å²) in [6, 6.07) is 0. The molecule has 0 bridgehead atoms. The number of thioether (sulfide) groups is 1. The molecule has 0 spiro atoms. The van der Waals surface area contributed by atoms with Crippen molar-refractivity contribution in [2.75, 3.05) is 24.7 Å². The largest absolute Gasteiger partial charge is 0.391 e. The van der Waals surface area contributed by atoms with Crippen LogP contribution in [0.25, 0.3) is 0 Å². The van der Waals surface area contributed by atoms with E-state index in [1.54, 1.807) is 0 Å². The van der Waals surface area contributed by atoms with Crippen molar-refractivity contribution < 1.29 is 14.7 Å². The van der Waals surface area contributed by atoms with E-state index in [1.807, 2.05) is 13.8 Å². The Labute approximate surface area is 99.6 Å². The Kier molecular flexibility index (Phi) is 5.08. The summed E-state index contributed by atoms with van der Waals surface area (Å²) in [7, 11) is 0. The van der Waals surface area contributed by atoms with Crippen molar-refractivity contribution in [2.24, 2.45) is 5.92 Å². The molecule has 1 saturated heterocycles. The second-order valence-corrected chi connectivity index (χ2v) is 5.14. The molecule has 1 heterocycles. The lowest BCUT2D eigenvalue weighted by molar-refractivity contribution is -0.132. The first-order valence-electron chi connectivity index (χ1n) is 5.31. The van der Waals surface area contributed by atoms with Gasteiger partial charge in [0.05, 0.1) is 17.7 Å². The lowest BCUT2D eigenvalue weighted by Crippen LogP contribution is -2.41. The molecule has 1 fully saturated rings. The molecule has 0 saturated carbocycles. The van der Waals surface area contributed by atoms with Gasteiger partial charge in [-0.2, -0.15) is 0 Å². The third-order valence-electron chi connectivity index (χ3n) is 2.44. The van der Waals surface area contributed by atoms with E-state index >= 15 is 0 Å². The van der Waals surface area contributed by atoms with Gasteiger partial charge in [0.15, 0.2) is 0 Å². The average molecular weight is 246 g/mol. The fraction of sp³-hybridized carbons (Fsp3) is 0.800. The molecule has 6 heteroatoms. The molecule has 1 rings (SSSR count). The summed E-state index contributed by atoms with van der Waals surface area (Å²) in [5.74, 6) is 0.949. The molecule has 0 radical (unpaired) electrons. The van der Waals surface area contributed by atoms with Gasteiger partial charge in [0.1, 0.15) is 6.54 Å². The van der Waals surface area contributed by atoms with Crippen LogP contribution in [0.5, 0.6) is 0 Å². The highest BCUT2D eigenvalue weighted by molar-refractivity contribution is 8.00. The van der Waals surface area contributed by atoms with Gasteiger partial charge in [0.2, 0.25) is 11.8 Å². The first-order chi connectivity index (χ1) is 7.50. The highest BCUT2D eigenvalue weighted by Crippen LogP contribution is 2.13. The minimum atomic E-state index is -0.535. The molecule has 16 heavy (non-hydrogen) atoms. The van der Waals surface area contributed by atoms with Crippen LogP contribution in [0.3, 0.4) is 0 Å². The number of carbonyl (C=O) groups excluding carboxylic acids is 2. The molecule has 0 aromatic carbocycles. The maximum Gasteiger partial charge on any atom is 0.239 e. The van der Waals surface area contributed by atoms with Crippen molar-refractivity contribution in [3.8, 4) is 0 Å². The van der Waals surface area contributed by atoms with Crippen molar-refractivity contribution in [3.05, 3.63) is 0 Å². The predicted octanol–water partition coefficient (Wildman–Crippen LogP) is -0.348. The molecule has 2 N–H and O–H groups in total. The van der Waals surface area contributed by atoms with Crippen molar-refractivity contribution in [3.63, 3.8) is 0 Å². The minimum Gasteiger partial charge on any atom is -0.391 e. The van der Waals surface area contributed by atoms with Crippen LogP contribution in [0.2, 0.25) is 0 Å². The average Bonchev–Trinajstić information content (AvgIpc) is 2.60. The zero-order chi connectivity index (χ0) is 12.1. The molecule has 1 unspecified atom stereocenters. The molecule has 1 atom stereocenters. The number of aliphatic hydroxyl groups is 1. The van der Waals surface area contributed by atoms with Gasteiger partial charge in [-0.3, -0.25) is 9.59 Å². The predicted molar refractivity (Wildman–Crippen MR) is 62.9 cm³/mol. The molecule has 2 amide bonds. The highest BCUT2D eigenvalue weighted by Gasteiger charge is 2.23. The number of amides is 2. The molecular formula is C10H18N2O3S. The van der Waals surface area contributed by atoms with Gasteiger partial charge < -0.3 is 15.3 Å². The smallest absolute Gasteiger partial charge is 0.239 e. The van der Waals surface area contributed by atoms with E-state index in [-0.39, 0.29) is 30.8 Å². The Hall–Kier alpha value is -0.750. The molecule has 0 aromatic heterocycles. The lowest BCUT2D eigenvalue weighted by atomic mass is 10.1. The van der Waals surface area contributed by atoms with Crippen LogP contribution in [0.15, 0.2) is 0 Å². The summed E-state index contributed by atoms with van der Waals surface area (Å²) in [5, 5.41) is 12.1. The van der Waals surface area contributed by atoms with Crippen molar-refractivity contribution in [1.82, 2.24) is 10.2 Å². The third-order valence-corrected chi connectivity index (χ3v) is 3.38. The van der Waals surface area contributed by atoms with Gasteiger partial charge in [-0.15, -0.1) is 11.8 Å². The summed E-state index contributed by atoms with van der Waals surface area (Å²) in [6.45, 7) is 4.11. The normalized spacial score (nSPS) is 18.0. The highest BCUT2D eigenvalue weighted by atomic mass is 32.2. The summed E-state index contributed by atoms with van der Waals surface area (Å²) in [5.41, 5.74) is 0. The SMILES string of the molecule is CC(C)C(O)CNC(=O)CN1CSCC1=O. The van der Waals surface area contributed by atoms with Gasteiger partial charge in [-0.05, 0) is 5.92 Å². The van der Waals surface area contributed by atoms with E-state index in [1.165, 1.54) is 16.7 Å². The minimum absolute atomic E-state index is 0.00422. The third kappa shape index (κ3) is 4.02. The second-order valence-electron chi connectivity index (χ2n) is 4.18. The molecule has 1 aliphatic rings. The van der Waals surface area contributed by atoms with Crippen LogP contribution in [0.1, 0.15) is 13.8 Å². The number of nitrogens with one attached hydrogen (secondary N) is 1. The number of carbonyl (C=O) groups is 2. The summed E-state index contributed by atoms with van der Waals surface area (Å²) < 4.78 is 0. The zero-order valence-electron chi connectivity index (χ0n) is 9.60. The molecular weight excluding hydrogens is 228 g/mol. The second kappa shape index (κ2) is 6.10. The lowest BCUT2D eigenvalue weighted by Gasteiger charge is -2.17. The molecule has 92 valence electrons. The number of nitrogens with zero attached hydrogens (tertiary/aromatic N) is 1. The van der Waals surface area contributed by atoms with Gasteiger partial charge in [-0.1, -0.05) is 13.8 Å². The first kappa shape index (κ1) is 13.3. The van der Waals surface area contributed by atoms with Crippen LogP contribution in [-0.2, 0) is 9.59 Å². The van der Waals surface area contributed by atoms with Gasteiger partial charge >= 0.3 is 0 Å². The van der Waals surface area contributed by atoms with Crippen LogP contribution >= 0.6 is 11.8 Å². The summed E-state index contributed by atoms with van der Waals surface area (Å²) >= 11 is 1.51. The number of rotatable bonds is 5. The van der Waals surface area contributed by atoms with E-state index in [4.69, 9.17) is 0 Å². The fourth-order valence-corrected chi connectivity index (χ4v) is 2.13. The number of aliphatic hydroxyl groups excluding tert-OH is 1. The standard InChI is InChI=1S/C10H18N2O3S/c1-7(2)8(13)3-11-9(14)4-12-6-16-5-10(12)15/h7-8,13H,3-6H2,1-2H3,(H,11,14). The molecule has 1 aliphatic heterocycles. The fourth-order valence-electron chi connectivity index (χ4n) is 1.22. The molecule has 0 aromatic rings. The molecule has 0 aliphatic carbocycles. The van der Waals surface area contributed by atoms with Gasteiger partial charge in [0.25, 0.3) is 0 Å². The zero-order valence-corrected chi connectivity index (χ0v) is 10.4. The summed E-state index contributed by atoms with van der Waals surface area (Å²) in [6.07, 6.45) is -0.535. The van der Waals surface area contributed by atoms with E-state index < -0.39 is 6.10 Å². The Balaban J connectivity index is 2.23. The number of hydrogen-bond acceptors (Lipinski definition) is 4. The molecule has 5 nitrogen and oxygen atoms in total. The van der Waals surface area contributed by atoms with E-state index in [2.05, 4.69) is 5.32 Å². The maximum atomic E-state index is 11.4. The van der Waals surface area contributed by atoms with E-state index in [0.29, 0.717) is 11.6 Å². The first-order valence-corrected chi connectivity index (χ1v) is 6.46. The quantitative estimate of drug-likeness (QED) is 0.696. The van der Waals surface area contributed by atoms with Crippen LogP contribution < -0.4 is 5.32 Å². The Bertz CT molecular complexity index is 271. The monoisotopic (exact) mass is 246 g/mol. The van der Waals surface area contributed by atoms with Crippen LogP contribution in [-0.4, -0.2) is 52.6 Å². The van der Waals surface area contributed by atoms with Gasteiger partial charge in [0, 0.05) is 6.54 Å². The van der Waals surface area contributed by atoms with Crippen molar-refractivity contribution in [2.45, 2.75) is 20.0 Å². The Morgan fingerprint density at radius 3 is 2.81 bits per heavy atom. The van der Waals surface area contributed by atoms with E-state index in [9.17, 15) is 14.7 Å². The van der Waals surface area contributed by atoms with Crippen molar-refractivity contribution >= 4 is 23.6 Å². The Morgan fingerprint density at radius 2 is 2.31 bits per heavy atom. The Morgan fingerprint density at radius 1 is 1.62 bits per heavy atom. The topological polar surface area (TPSA) is 69.6 Å². The van der Waals surface area contributed by atoms with Crippen LogP contribution in [0.4, 0.5) is 0 Å². The maximum absolute atomic E-state index is 11.4. The summed E-state index contributed by atoms with van der Waals surface area (Å²) in [4.78, 5) is 24.2. The van der Waals surface area contributed by atoms with E-state index in [0.717, 1.165) is 0 Å². The number of hydrogen-bond donors (Lipinski definition) is 2.